The van der Waals surface area contributed by atoms with E-state index in [4.69, 9.17) is 0 Å². The molecule has 0 unspecified atom stereocenters. The van der Waals surface area contributed by atoms with Gasteiger partial charge in [-0.3, -0.25) is 14.5 Å². The lowest BCUT2D eigenvalue weighted by atomic mass is 9.93. The predicted molar refractivity (Wildman–Crippen MR) is 90.4 cm³/mol. The van der Waals surface area contributed by atoms with Gasteiger partial charge in [-0.05, 0) is 45.1 Å². The summed E-state index contributed by atoms with van der Waals surface area (Å²) in [5.74, 6) is -0.506. The zero-order valence-electron chi connectivity index (χ0n) is 15.1. The van der Waals surface area contributed by atoms with Crippen molar-refractivity contribution in [3.8, 4) is 0 Å². The van der Waals surface area contributed by atoms with E-state index in [2.05, 4.69) is 4.90 Å². The Balaban J connectivity index is 1.48. The van der Waals surface area contributed by atoms with E-state index < -0.39 is 18.5 Å². The van der Waals surface area contributed by atoms with Crippen LogP contribution in [-0.2, 0) is 9.59 Å². The number of alkyl halides is 3. The summed E-state index contributed by atoms with van der Waals surface area (Å²) in [6.07, 6.45) is -0.342. The highest BCUT2D eigenvalue weighted by molar-refractivity contribution is 5.79. The van der Waals surface area contributed by atoms with E-state index in [1.807, 2.05) is 4.90 Å². The van der Waals surface area contributed by atoms with Crippen LogP contribution in [0.4, 0.5) is 13.2 Å². The Morgan fingerprint density at radius 3 is 2.12 bits per heavy atom. The Morgan fingerprint density at radius 2 is 1.50 bits per heavy atom. The number of nitrogens with zero attached hydrogens (tertiary/aromatic N) is 3. The minimum Gasteiger partial charge on any atom is -0.342 e. The van der Waals surface area contributed by atoms with Crippen molar-refractivity contribution >= 4 is 11.8 Å². The van der Waals surface area contributed by atoms with E-state index in [0.29, 0.717) is 25.9 Å². The van der Waals surface area contributed by atoms with Gasteiger partial charge < -0.3 is 9.80 Å². The summed E-state index contributed by atoms with van der Waals surface area (Å²) in [6, 6.07) is 0.263. The van der Waals surface area contributed by atoms with Crippen LogP contribution in [-0.4, -0.2) is 78.0 Å². The topological polar surface area (TPSA) is 43.9 Å². The number of carbonyl (C=O) groups is 2. The number of likely N-dealkylation sites (tertiary alicyclic amines) is 3. The van der Waals surface area contributed by atoms with Crippen molar-refractivity contribution in [2.45, 2.75) is 57.2 Å². The number of rotatable bonds is 3. The highest BCUT2D eigenvalue weighted by Crippen LogP contribution is 2.27. The van der Waals surface area contributed by atoms with Gasteiger partial charge in [-0.15, -0.1) is 0 Å². The van der Waals surface area contributed by atoms with Gasteiger partial charge in [-0.25, -0.2) is 0 Å². The van der Waals surface area contributed by atoms with Gasteiger partial charge in [0, 0.05) is 38.8 Å². The Labute approximate surface area is 152 Å². The molecule has 0 bridgehead atoms. The molecule has 0 saturated carbocycles. The number of hydrogen-bond donors (Lipinski definition) is 0. The first-order valence-electron chi connectivity index (χ1n) is 9.71. The van der Waals surface area contributed by atoms with Crippen molar-refractivity contribution < 1.29 is 22.8 Å². The lowest BCUT2D eigenvalue weighted by Gasteiger charge is -2.42. The van der Waals surface area contributed by atoms with Crippen molar-refractivity contribution in [2.75, 3.05) is 39.3 Å². The first kappa shape index (κ1) is 19.5. The third kappa shape index (κ3) is 4.90. The second-order valence-electron chi connectivity index (χ2n) is 7.77. The molecule has 0 N–H and O–H groups in total. The molecule has 0 radical (unpaired) electrons. The molecule has 3 aliphatic heterocycles. The van der Waals surface area contributed by atoms with Crippen molar-refractivity contribution in [1.82, 2.24) is 14.7 Å². The molecule has 1 atom stereocenters. The average Bonchev–Trinajstić information content (AvgIpc) is 3.14. The van der Waals surface area contributed by atoms with E-state index in [0.717, 1.165) is 51.9 Å². The maximum absolute atomic E-state index is 12.6. The van der Waals surface area contributed by atoms with E-state index in [-0.39, 0.29) is 17.9 Å². The molecule has 8 heteroatoms. The summed E-state index contributed by atoms with van der Waals surface area (Å²) in [5, 5.41) is 0. The lowest BCUT2D eigenvalue weighted by Crippen LogP contribution is -2.52. The van der Waals surface area contributed by atoms with Crippen LogP contribution in [0.2, 0.25) is 0 Å². The number of amides is 2. The third-order valence-corrected chi connectivity index (χ3v) is 5.91. The molecule has 2 amide bonds. The van der Waals surface area contributed by atoms with Crippen LogP contribution in [0.5, 0.6) is 0 Å². The molecule has 0 aliphatic carbocycles. The normalized spacial score (nSPS) is 26.3. The molecule has 3 heterocycles. The van der Waals surface area contributed by atoms with Crippen molar-refractivity contribution in [1.29, 1.82) is 0 Å². The molecular weight excluding hydrogens is 347 g/mol. The van der Waals surface area contributed by atoms with Crippen LogP contribution in [0.3, 0.4) is 0 Å². The fourth-order valence-corrected chi connectivity index (χ4v) is 4.50. The van der Waals surface area contributed by atoms with Crippen LogP contribution >= 0.6 is 0 Å². The van der Waals surface area contributed by atoms with Crippen molar-refractivity contribution in [3.05, 3.63) is 0 Å². The summed E-state index contributed by atoms with van der Waals surface area (Å²) in [4.78, 5) is 30.0. The van der Waals surface area contributed by atoms with Gasteiger partial charge >= 0.3 is 6.18 Å². The van der Waals surface area contributed by atoms with Gasteiger partial charge in [0.15, 0.2) is 0 Å². The van der Waals surface area contributed by atoms with Crippen LogP contribution in [0.15, 0.2) is 0 Å². The second kappa shape index (κ2) is 8.15. The number of piperidine rings is 2. The molecule has 0 spiro atoms. The highest BCUT2D eigenvalue weighted by atomic mass is 19.4. The molecule has 3 aliphatic rings. The number of carbonyl (C=O) groups excluding carboxylic acids is 2. The molecule has 5 nitrogen and oxygen atoms in total. The molecule has 26 heavy (non-hydrogen) atoms. The minimum absolute atomic E-state index is 0.0479. The van der Waals surface area contributed by atoms with Gasteiger partial charge in [0.05, 0.1) is 5.92 Å². The zero-order valence-corrected chi connectivity index (χ0v) is 15.1. The summed E-state index contributed by atoms with van der Waals surface area (Å²) < 4.78 is 37.2. The number of halogens is 3. The fourth-order valence-electron chi connectivity index (χ4n) is 4.50. The van der Waals surface area contributed by atoms with Gasteiger partial charge in [-0.2, -0.15) is 13.2 Å². The molecular formula is C18H28F3N3O2. The Morgan fingerprint density at radius 1 is 0.846 bits per heavy atom. The average molecular weight is 375 g/mol. The Bertz CT molecular complexity index is 512. The fraction of sp³-hybridized carbons (Fsp3) is 0.889. The highest BCUT2D eigenvalue weighted by Gasteiger charge is 2.37. The quantitative estimate of drug-likeness (QED) is 0.760. The Hall–Kier alpha value is -1.31. The van der Waals surface area contributed by atoms with Gasteiger partial charge in [0.25, 0.3) is 0 Å². The monoisotopic (exact) mass is 375 g/mol. The minimum atomic E-state index is -4.44. The summed E-state index contributed by atoms with van der Waals surface area (Å²) in [6.45, 7) is 4.17. The molecule has 0 aromatic heterocycles. The smallest absolute Gasteiger partial charge is 0.342 e. The molecule has 148 valence electrons. The van der Waals surface area contributed by atoms with Gasteiger partial charge in [-0.1, -0.05) is 0 Å². The van der Waals surface area contributed by atoms with Crippen molar-refractivity contribution in [3.63, 3.8) is 0 Å². The SMILES string of the molecule is O=C(CC(F)(F)F)N1CCC(N2CCC[C@H](C(=O)N3CCCC3)C2)CC1. The molecule has 0 aromatic carbocycles. The third-order valence-electron chi connectivity index (χ3n) is 5.91. The summed E-state index contributed by atoms with van der Waals surface area (Å²) >= 11 is 0. The van der Waals surface area contributed by atoms with E-state index >= 15 is 0 Å². The van der Waals surface area contributed by atoms with E-state index in [1.54, 1.807) is 0 Å². The largest absolute Gasteiger partial charge is 0.397 e. The molecule has 0 aromatic rings. The summed E-state index contributed by atoms with van der Waals surface area (Å²) in [7, 11) is 0. The van der Waals surface area contributed by atoms with Crippen LogP contribution in [0.1, 0.15) is 44.9 Å². The second-order valence-corrected chi connectivity index (χ2v) is 7.77. The maximum Gasteiger partial charge on any atom is 0.397 e. The first-order valence-corrected chi connectivity index (χ1v) is 9.71. The molecule has 3 saturated heterocycles. The first-order chi connectivity index (χ1) is 12.3. The predicted octanol–water partition coefficient (Wildman–Crippen LogP) is 2.26. The molecule has 3 rings (SSSR count). The van der Waals surface area contributed by atoms with Crippen LogP contribution < -0.4 is 0 Å². The zero-order chi connectivity index (χ0) is 18.7. The van der Waals surface area contributed by atoms with Gasteiger partial charge in [0.1, 0.15) is 6.42 Å². The van der Waals surface area contributed by atoms with Crippen LogP contribution in [0.25, 0.3) is 0 Å². The van der Waals surface area contributed by atoms with Gasteiger partial charge in [0.2, 0.25) is 11.8 Å². The van der Waals surface area contributed by atoms with Crippen molar-refractivity contribution in [2.24, 2.45) is 5.92 Å². The number of hydrogen-bond acceptors (Lipinski definition) is 3. The summed E-state index contributed by atoms with van der Waals surface area (Å²) in [5.41, 5.74) is 0. The van der Waals surface area contributed by atoms with E-state index in [9.17, 15) is 22.8 Å². The molecule has 3 fully saturated rings. The van der Waals surface area contributed by atoms with E-state index in [1.165, 1.54) is 4.90 Å². The Kier molecular flexibility index (Phi) is 6.10. The maximum atomic E-state index is 12.6. The standard InChI is InChI=1S/C18H28F3N3O2/c19-18(20,21)12-16(25)22-10-5-15(6-11-22)24-9-3-4-14(13-24)17(26)23-7-1-2-8-23/h14-15H,1-13H2/t14-/m0/s1. The lowest BCUT2D eigenvalue weighted by molar-refractivity contribution is -0.162. The van der Waals surface area contributed by atoms with Crippen LogP contribution in [0, 0.1) is 5.92 Å².